The van der Waals surface area contributed by atoms with Crippen LogP contribution in [0.4, 0.5) is 0 Å². The molecular weight excluding hydrogens is 340 g/mol. The number of hydrogen-bond donors (Lipinski definition) is 2. The van der Waals surface area contributed by atoms with Crippen molar-refractivity contribution in [1.82, 2.24) is 15.5 Å². The Morgan fingerprint density at radius 2 is 2.00 bits per heavy atom. The smallest absolute Gasteiger partial charge is 0.222 e. The Kier molecular flexibility index (Phi) is 8.95. The van der Waals surface area contributed by atoms with Gasteiger partial charge in [-0.15, -0.1) is 0 Å². The minimum atomic E-state index is 0.291. The molecule has 1 amide bonds. The molecule has 6 heteroatoms. The number of aryl methyl sites for hydroxylation is 2. The Morgan fingerprint density at radius 1 is 1.22 bits per heavy atom. The van der Waals surface area contributed by atoms with E-state index < -0.39 is 0 Å². The van der Waals surface area contributed by atoms with Gasteiger partial charge < -0.3 is 20.3 Å². The minimum absolute atomic E-state index is 0.291. The predicted octanol–water partition coefficient (Wildman–Crippen LogP) is 2.64. The molecule has 1 fully saturated rings. The molecule has 1 aromatic rings. The maximum absolute atomic E-state index is 11.6. The lowest BCUT2D eigenvalue weighted by Crippen LogP contribution is -2.39. The lowest BCUT2D eigenvalue weighted by atomic mass is 10.1. The summed E-state index contributed by atoms with van der Waals surface area (Å²) in [5, 5.41) is 6.61. The Morgan fingerprint density at radius 3 is 2.67 bits per heavy atom. The third-order valence-corrected chi connectivity index (χ3v) is 4.64. The first-order valence-corrected chi connectivity index (χ1v) is 10.1. The van der Waals surface area contributed by atoms with Gasteiger partial charge in [-0.25, -0.2) is 0 Å². The van der Waals surface area contributed by atoms with Crippen molar-refractivity contribution in [2.24, 2.45) is 4.99 Å². The van der Waals surface area contributed by atoms with Crippen molar-refractivity contribution in [3.63, 3.8) is 0 Å². The highest BCUT2D eigenvalue weighted by molar-refractivity contribution is 5.79. The molecule has 0 radical (unpaired) electrons. The van der Waals surface area contributed by atoms with Gasteiger partial charge in [0.1, 0.15) is 5.75 Å². The number of para-hydroxylation sites is 1. The summed E-state index contributed by atoms with van der Waals surface area (Å²) in [6.07, 6.45) is 3.51. The molecule has 0 aromatic heterocycles. The topological polar surface area (TPSA) is 66.0 Å². The predicted molar refractivity (Wildman–Crippen MR) is 110 cm³/mol. The maximum atomic E-state index is 11.6. The number of aliphatic imine (C=N–C) groups is 1. The van der Waals surface area contributed by atoms with Crippen LogP contribution in [0.25, 0.3) is 0 Å². The van der Waals surface area contributed by atoms with E-state index >= 15 is 0 Å². The maximum Gasteiger partial charge on any atom is 0.222 e. The second-order valence-electron chi connectivity index (χ2n) is 6.95. The van der Waals surface area contributed by atoms with Gasteiger partial charge in [0.25, 0.3) is 0 Å². The fraction of sp³-hybridized carbons (Fsp3) is 0.619. The number of nitrogens with one attached hydrogen (secondary N) is 2. The van der Waals surface area contributed by atoms with Crippen LogP contribution in [0.3, 0.4) is 0 Å². The number of hydrogen-bond acceptors (Lipinski definition) is 3. The summed E-state index contributed by atoms with van der Waals surface area (Å²) in [6.45, 7) is 11.0. The van der Waals surface area contributed by atoms with Crippen molar-refractivity contribution in [2.45, 2.75) is 46.5 Å². The highest BCUT2D eigenvalue weighted by Crippen LogP contribution is 2.22. The van der Waals surface area contributed by atoms with E-state index in [1.165, 1.54) is 11.1 Å². The van der Waals surface area contributed by atoms with Gasteiger partial charge in [0.05, 0.1) is 6.61 Å². The van der Waals surface area contributed by atoms with Gasteiger partial charge in [0.2, 0.25) is 5.91 Å². The van der Waals surface area contributed by atoms with Gasteiger partial charge in [-0.1, -0.05) is 18.2 Å². The number of carbonyl (C=O) groups excluding carboxylic acids is 1. The summed E-state index contributed by atoms with van der Waals surface area (Å²) in [6, 6.07) is 6.20. The average molecular weight is 375 g/mol. The monoisotopic (exact) mass is 374 g/mol. The van der Waals surface area contributed by atoms with Crippen LogP contribution < -0.4 is 15.4 Å². The van der Waals surface area contributed by atoms with Gasteiger partial charge in [-0.05, 0) is 44.7 Å². The number of carbonyl (C=O) groups is 1. The van der Waals surface area contributed by atoms with Crippen molar-refractivity contribution in [3.8, 4) is 5.75 Å². The third-order valence-electron chi connectivity index (χ3n) is 4.64. The Bertz CT molecular complexity index is 610. The fourth-order valence-corrected chi connectivity index (χ4v) is 3.22. The molecule has 1 saturated heterocycles. The normalized spacial score (nSPS) is 14.6. The van der Waals surface area contributed by atoms with Crippen LogP contribution >= 0.6 is 0 Å². The summed E-state index contributed by atoms with van der Waals surface area (Å²) >= 11 is 0. The summed E-state index contributed by atoms with van der Waals surface area (Å²) in [4.78, 5) is 18.2. The van der Waals surface area contributed by atoms with E-state index in [0.29, 0.717) is 25.5 Å². The molecule has 0 bridgehead atoms. The summed E-state index contributed by atoms with van der Waals surface area (Å²) in [7, 11) is 0. The van der Waals surface area contributed by atoms with Crippen molar-refractivity contribution in [1.29, 1.82) is 0 Å². The van der Waals surface area contributed by atoms with E-state index in [1.54, 1.807) is 0 Å². The van der Waals surface area contributed by atoms with Crippen LogP contribution in [0.2, 0.25) is 0 Å². The van der Waals surface area contributed by atoms with Crippen molar-refractivity contribution >= 4 is 11.9 Å². The molecule has 1 aromatic carbocycles. The number of ether oxygens (including phenoxy) is 1. The van der Waals surface area contributed by atoms with E-state index in [-0.39, 0.29) is 0 Å². The number of likely N-dealkylation sites (tertiary alicyclic amines) is 1. The van der Waals surface area contributed by atoms with Crippen molar-refractivity contribution < 1.29 is 9.53 Å². The summed E-state index contributed by atoms with van der Waals surface area (Å²) in [5.41, 5.74) is 2.34. The van der Waals surface area contributed by atoms with Crippen LogP contribution in [-0.4, -0.2) is 56.1 Å². The van der Waals surface area contributed by atoms with E-state index in [4.69, 9.17) is 4.74 Å². The van der Waals surface area contributed by atoms with E-state index in [9.17, 15) is 4.79 Å². The van der Waals surface area contributed by atoms with Gasteiger partial charge in [-0.2, -0.15) is 0 Å². The van der Waals surface area contributed by atoms with Crippen molar-refractivity contribution in [3.05, 3.63) is 29.3 Å². The third kappa shape index (κ3) is 7.12. The lowest BCUT2D eigenvalue weighted by Gasteiger charge is -2.16. The summed E-state index contributed by atoms with van der Waals surface area (Å²) in [5.74, 6) is 2.11. The van der Waals surface area contributed by atoms with Gasteiger partial charge in [0, 0.05) is 45.6 Å². The number of benzene rings is 1. The first-order valence-electron chi connectivity index (χ1n) is 10.1. The van der Waals surface area contributed by atoms with Crippen LogP contribution in [0.5, 0.6) is 5.75 Å². The van der Waals surface area contributed by atoms with Gasteiger partial charge in [0.15, 0.2) is 5.96 Å². The molecular formula is C21H34N4O2. The molecule has 1 aliphatic rings. The SMILES string of the molecule is CCNC(=NCCCOc1c(C)cccc1C)NCCCN1CCCC1=O. The first kappa shape index (κ1) is 21.1. The lowest BCUT2D eigenvalue weighted by molar-refractivity contribution is -0.127. The van der Waals surface area contributed by atoms with E-state index in [0.717, 1.165) is 57.2 Å². The second kappa shape index (κ2) is 11.5. The molecule has 1 aliphatic heterocycles. The molecule has 27 heavy (non-hydrogen) atoms. The molecule has 1 heterocycles. The molecule has 6 nitrogen and oxygen atoms in total. The number of nitrogens with zero attached hydrogens (tertiary/aromatic N) is 2. The molecule has 150 valence electrons. The zero-order chi connectivity index (χ0) is 19.5. The van der Waals surface area contributed by atoms with Crippen LogP contribution in [0.15, 0.2) is 23.2 Å². The highest BCUT2D eigenvalue weighted by atomic mass is 16.5. The van der Waals surface area contributed by atoms with Crippen LogP contribution in [0, 0.1) is 13.8 Å². The quantitative estimate of drug-likeness (QED) is 0.375. The van der Waals surface area contributed by atoms with E-state index in [1.807, 2.05) is 4.90 Å². The molecule has 0 unspecified atom stereocenters. The zero-order valence-corrected chi connectivity index (χ0v) is 17.0. The molecule has 2 N–H and O–H groups in total. The van der Waals surface area contributed by atoms with E-state index in [2.05, 4.69) is 54.6 Å². The molecule has 0 saturated carbocycles. The standard InChI is InChI=1S/C21H34N4O2/c1-4-22-21(23-12-7-15-25-14-6-11-19(25)26)24-13-8-16-27-20-17(2)9-5-10-18(20)3/h5,9-10H,4,6-8,11-16H2,1-3H3,(H2,22,23,24). The Labute approximate surface area is 163 Å². The largest absolute Gasteiger partial charge is 0.493 e. The fourth-order valence-electron chi connectivity index (χ4n) is 3.22. The Hall–Kier alpha value is -2.24. The molecule has 0 aliphatic carbocycles. The zero-order valence-electron chi connectivity index (χ0n) is 17.0. The molecule has 0 spiro atoms. The number of amides is 1. The molecule has 2 rings (SSSR count). The average Bonchev–Trinajstić information content (AvgIpc) is 3.05. The first-order chi connectivity index (χ1) is 13.1. The second-order valence-corrected chi connectivity index (χ2v) is 6.95. The van der Waals surface area contributed by atoms with Gasteiger partial charge in [-0.3, -0.25) is 9.79 Å². The molecule has 0 atom stereocenters. The highest BCUT2D eigenvalue weighted by Gasteiger charge is 2.18. The minimum Gasteiger partial charge on any atom is -0.493 e. The summed E-state index contributed by atoms with van der Waals surface area (Å²) < 4.78 is 5.93. The Balaban J connectivity index is 1.66. The number of guanidine groups is 1. The van der Waals surface area contributed by atoms with Gasteiger partial charge >= 0.3 is 0 Å². The van der Waals surface area contributed by atoms with Crippen LogP contribution in [0.1, 0.15) is 43.7 Å². The van der Waals surface area contributed by atoms with Crippen LogP contribution in [-0.2, 0) is 4.79 Å². The number of rotatable bonds is 10. The van der Waals surface area contributed by atoms with Crippen molar-refractivity contribution in [2.75, 3.05) is 39.3 Å².